The van der Waals surface area contributed by atoms with Gasteiger partial charge in [-0.3, -0.25) is 15.1 Å². The lowest BCUT2D eigenvalue weighted by Gasteiger charge is -2.08. The first kappa shape index (κ1) is 35.7. The van der Waals surface area contributed by atoms with Crippen LogP contribution in [0.3, 0.4) is 0 Å². The van der Waals surface area contributed by atoms with Crippen molar-refractivity contribution in [2.45, 2.75) is 44.9 Å². The number of fused-ring (bicyclic) bond motifs is 1. The number of methoxy groups -OCH3 is 1. The van der Waals surface area contributed by atoms with Crippen molar-refractivity contribution in [2.75, 3.05) is 26.5 Å². The molecule has 0 aliphatic heterocycles. The van der Waals surface area contributed by atoms with Crippen molar-refractivity contribution in [3.05, 3.63) is 95.6 Å². The predicted molar refractivity (Wildman–Crippen MR) is 180 cm³/mol. The van der Waals surface area contributed by atoms with Crippen LogP contribution in [0, 0.1) is 18.4 Å². The average Bonchev–Trinajstić information content (AvgIpc) is 3.44. The number of imidazole rings is 1. The van der Waals surface area contributed by atoms with Crippen molar-refractivity contribution in [3.63, 3.8) is 0 Å². The number of aliphatic carboxylic acids is 1. The fourth-order valence-corrected chi connectivity index (χ4v) is 4.82. The Bertz CT molecular complexity index is 1500. The van der Waals surface area contributed by atoms with E-state index in [-0.39, 0.29) is 6.04 Å². The highest BCUT2D eigenvalue weighted by molar-refractivity contribution is 7.98. The van der Waals surface area contributed by atoms with Gasteiger partial charge >= 0.3 is 5.97 Å². The molecule has 0 aliphatic carbocycles. The van der Waals surface area contributed by atoms with E-state index in [1.54, 1.807) is 39.2 Å². The Morgan fingerprint density at radius 2 is 1.86 bits per heavy atom. The van der Waals surface area contributed by atoms with Crippen molar-refractivity contribution in [1.82, 2.24) is 20.6 Å². The van der Waals surface area contributed by atoms with Gasteiger partial charge in [-0.1, -0.05) is 54.6 Å². The molecule has 10 nitrogen and oxygen atoms in total. The number of thioether (sulfide) groups is 1. The molecule has 2 atom stereocenters. The third kappa shape index (κ3) is 12.8. The number of nitrogens with one attached hydrogen (secondary N) is 3. The van der Waals surface area contributed by atoms with Crippen LogP contribution in [-0.2, 0) is 17.0 Å². The van der Waals surface area contributed by atoms with Gasteiger partial charge in [0.1, 0.15) is 5.75 Å². The van der Waals surface area contributed by atoms with Gasteiger partial charge in [-0.05, 0) is 61.2 Å². The molecule has 6 N–H and O–H groups in total. The molecule has 1 heterocycles. The maximum Gasteiger partial charge on any atom is 0.310 e. The second kappa shape index (κ2) is 19.6. The number of guanidine groups is 1. The molecule has 1 aromatic heterocycles. The molecule has 1 unspecified atom stereocenters. The molecular weight excluding hydrogens is 574 g/mol. The number of ether oxygens (including phenoxy) is 1. The number of nitrogens with zero attached hydrogens (tertiary/aromatic N) is 3. The summed E-state index contributed by atoms with van der Waals surface area (Å²) in [7, 11) is 3.26. The second-order valence-corrected chi connectivity index (χ2v) is 11.1. The number of carboxylic acids is 1. The zero-order valence-corrected chi connectivity index (χ0v) is 26.8. The van der Waals surface area contributed by atoms with Crippen LogP contribution in [-0.4, -0.2) is 59.5 Å². The van der Waals surface area contributed by atoms with E-state index in [1.807, 2.05) is 74.6 Å². The third-order valence-electron chi connectivity index (χ3n) is 6.45. The Kier molecular flexibility index (Phi) is 15.9. The molecule has 0 saturated carbocycles. The third-order valence-corrected chi connectivity index (χ3v) is 7.42. The molecule has 4 rings (SSSR count). The van der Waals surface area contributed by atoms with Gasteiger partial charge in [-0.15, -0.1) is 0 Å². The molecule has 4 aromatic rings. The molecule has 0 aliphatic rings. The fourth-order valence-electron chi connectivity index (χ4n) is 3.94. The van der Waals surface area contributed by atoms with E-state index in [0.29, 0.717) is 5.96 Å². The summed E-state index contributed by atoms with van der Waals surface area (Å²) < 4.78 is 5.14. The van der Waals surface area contributed by atoms with Gasteiger partial charge in [0.15, 0.2) is 6.19 Å². The van der Waals surface area contributed by atoms with Crippen molar-refractivity contribution in [3.8, 4) is 11.9 Å². The number of aromatic nitrogens is 2. The SMILES string of the molecule is CC(N)Cc1ccccc1.CN=C(NC#N)NCCSCc1nc[nH]c1C.COc1ccc2cc([C@H](C)C(=O)O)ccc2c1. The largest absolute Gasteiger partial charge is 0.497 e. The Morgan fingerprint density at radius 3 is 2.45 bits per heavy atom. The number of carboxylic acid groups (broad SMARTS) is 1. The molecule has 0 radical (unpaired) electrons. The van der Waals surface area contributed by atoms with Gasteiger partial charge in [0.2, 0.25) is 5.96 Å². The molecule has 0 saturated heterocycles. The number of aryl methyl sites for hydroxylation is 1. The predicted octanol–water partition coefficient (Wildman–Crippen LogP) is 5.21. The number of H-pyrrole nitrogens is 1. The normalized spacial score (nSPS) is 12.0. The zero-order chi connectivity index (χ0) is 32.3. The minimum atomic E-state index is -0.808. The first-order valence-electron chi connectivity index (χ1n) is 14.2. The van der Waals surface area contributed by atoms with E-state index in [9.17, 15) is 4.79 Å². The van der Waals surface area contributed by atoms with Crippen LogP contribution in [0.25, 0.3) is 10.8 Å². The lowest BCUT2D eigenvalue weighted by atomic mass is 9.98. The first-order chi connectivity index (χ1) is 21.2. The molecule has 0 bridgehead atoms. The molecule has 0 amide bonds. The van der Waals surface area contributed by atoms with Gasteiger partial charge in [-0.2, -0.15) is 17.0 Å². The van der Waals surface area contributed by atoms with E-state index in [0.717, 1.165) is 57.9 Å². The maximum absolute atomic E-state index is 10.9. The second-order valence-electron chi connectivity index (χ2n) is 9.96. The number of nitrogens with two attached hydrogens (primary N) is 1. The topological polar surface area (TPSA) is 161 Å². The summed E-state index contributed by atoms with van der Waals surface area (Å²) >= 11 is 1.79. The monoisotopic (exact) mass is 617 g/mol. The minimum Gasteiger partial charge on any atom is -0.497 e. The standard InChI is InChI=1S/C14H14O3.C10H16N6S.C9H13N/c1-9(14(15)16)10-3-4-12-8-13(17-2)6-5-11(12)7-10;1-8-9(16-7-15-8)5-17-4-3-13-10(12-2)14-6-11;1-8(10)7-9-5-3-2-4-6-9/h3-9H,1-2H3,(H,15,16);7H,3-5H2,1-2H3,(H,15,16)(H2,12,13,14);2-6,8H,7,10H2,1H3/t9-;;/m0../s1. The van der Waals surface area contributed by atoms with Crippen LogP contribution in [0.2, 0.25) is 0 Å². The Labute approximate surface area is 264 Å². The van der Waals surface area contributed by atoms with E-state index < -0.39 is 11.9 Å². The van der Waals surface area contributed by atoms with Crippen molar-refractivity contribution >= 4 is 34.5 Å². The number of nitriles is 1. The summed E-state index contributed by atoms with van der Waals surface area (Å²) in [5.74, 6) is 1.83. The average molecular weight is 618 g/mol. The van der Waals surface area contributed by atoms with Gasteiger partial charge in [0, 0.05) is 36.8 Å². The van der Waals surface area contributed by atoms with Crippen molar-refractivity contribution in [1.29, 1.82) is 5.26 Å². The maximum atomic E-state index is 10.9. The van der Waals surface area contributed by atoms with Gasteiger partial charge in [0.05, 0.1) is 25.0 Å². The van der Waals surface area contributed by atoms with Crippen LogP contribution in [0.4, 0.5) is 0 Å². The molecule has 0 fully saturated rings. The number of aromatic amines is 1. The number of aliphatic imine (C=N–C) groups is 1. The quantitative estimate of drug-likeness (QED) is 0.0529. The van der Waals surface area contributed by atoms with Crippen LogP contribution >= 0.6 is 11.8 Å². The fraction of sp³-hybridized carbons (Fsp3) is 0.333. The molecule has 44 heavy (non-hydrogen) atoms. The number of rotatable bonds is 10. The highest BCUT2D eigenvalue weighted by Gasteiger charge is 2.13. The van der Waals surface area contributed by atoms with Crippen LogP contribution < -0.4 is 21.1 Å². The summed E-state index contributed by atoms with van der Waals surface area (Å²) in [5, 5.41) is 25.0. The summed E-state index contributed by atoms with van der Waals surface area (Å²) in [6, 6.07) is 22.0. The Morgan fingerprint density at radius 1 is 1.16 bits per heavy atom. The van der Waals surface area contributed by atoms with Gasteiger partial charge in [0.25, 0.3) is 0 Å². The van der Waals surface area contributed by atoms with Crippen LogP contribution in [0.15, 0.2) is 78.0 Å². The molecule has 234 valence electrons. The highest BCUT2D eigenvalue weighted by Crippen LogP contribution is 2.25. The smallest absolute Gasteiger partial charge is 0.310 e. The Balaban J connectivity index is 0.000000239. The van der Waals surface area contributed by atoms with E-state index >= 15 is 0 Å². The van der Waals surface area contributed by atoms with Crippen LogP contribution in [0.1, 0.15) is 42.3 Å². The van der Waals surface area contributed by atoms with Gasteiger partial charge in [-0.25, -0.2) is 4.98 Å². The number of hydrogen-bond donors (Lipinski definition) is 5. The van der Waals surface area contributed by atoms with Crippen molar-refractivity contribution in [2.24, 2.45) is 10.7 Å². The van der Waals surface area contributed by atoms with E-state index in [4.69, 9.17) is 20.8 Å². The minimum absolute atomic E-state index is 0.266. The molecule has 3 aromatic carbocycles. The van der Waals surface area contributed by atoms with Crippen LogP contribution in [0.5, 0.6) is 5.75 Å². The summed E-state index contributed by atoms with van der Waals surface area (Å²) in [5.41, 5.74) is 9.97. The molecule has 11 heteroatoms. The summed E-state index contributed by atoms with van der Waals surface area (Å²) in [6.45, 7) is 6.48. The number of carbonyl (C=O) groups is 1. The summed E-state index contributed by atoms with van der Waals surface area (Å²) in [6.07, 6.45) is 4.51. The Hall–Kier alpha value is -4.53. The molecular formula is C33H43N7O3S. The first-order valence-corrected chi connectivity index (χ1v) is 15.4. The number of benzene rings is 3. The summed E-state index contributed by atoms with van der Waals surface area (Å²) in [4.78, 5) is 22.1. The zero-order valence-electron chi connectivity index (χ0n) is 26.0. The van der Waals surface area contributed by atoms with Crippen molar-refractivity contribution < 1.29 is 14.6 Å². The van der Waals surface area contributed by atoms with E-state index in [2.05, 4.69) is 37.7 Å². The lowest BCUT2D eigenvalue weighted by Crippen LogP contribution is -2.35. The molecule has 0 spiro atoms. The van der Waals surface area contributed by atoms with Gasteiger partial charge < -0.3 is 25.9 Å². The van der Waals surface area contributed by atoms with E-state index in [1.165, 1.54) is 5.56 Å². The lowest BCUT2D eigenvalue weighted by molar-refractivity contribution is -0.138. The highest BCUT2D eigenvalue weighted by atomic mass is 32.2. The number of hydrogen-bond acceptors (Lipinski definition) is 7.